The van der Waals surface area contributed by atoms with Gasteiger partial charge in [0, 0.05) is 26.1 Å². The minimum absolute atomic E-state index is 0.0110. The molecule has 0 saturated carbocycles. The van der Waals surface area contributed by atoms with Gasteiger partial charge in [-0.15, -0.1) is 0 Å². The largest absolute Gasteiger partial charge is 1.15 e. The van der Waals surface area contributed by atoms with E-state index in [2.05, 4.69) is 24.6 Å². The molecular formula is C29H52AlFN8O10. The SMILES string of the molecule is CCN(CC)CC(=O)[O][Al]([F])[O]C(=O)CN(C)CCN(C)CC1CCN(CC(=O)NC(CCC(=O)O)C(=O)NCC(=O)NCC(N)=O)CC1. The third kappa shape index (κ3) is 20.6. The molecule has 0 radical (unpaired) electrons. The van der Waals surface area contributed by atoms with Gasteiger partial charge in [-0.2, -0.15) is 0 Å². The number of nitrogens with two attached hydrogens (primary N) is 1. The molecule has 20 heteroatoms. The highest BCUT2D eigenvalue weighted by atomic mass is 27.3. The van der Waals surface area contributed by atoms with Gasteiger partial charge in [0.2, 0.25) is 23.6 Å². The fourth-order valence-corrected chi connectivity index (χ4v) is 5.56. The van der Waals surface area contributed by atoms with Crippen LogP contribution in [-0.4, -0.2) is 180 Å². The van der Waals surface area contributed by atoms with E-state index in [-0.39, 0.29) is 32.5 Å². The van der Waals surface area contributed by atoms with Gasteiger partial charge in [0.1, 0.15) is 6.04 Å². The number of likely N-dealkylation sites (tertiary alicyclic amines) is 1. The molecule has 0 aliphatic carbocycles. The summed E-state index contributed by atoms with van der Waals surface area (Å²) in [7, 11) is 3.66. The molecule has 1 aliphatic rings. The first-order valence-corrected chi connectivity index (χ1v) is 17.7. The number of halogens is 1. The van der Waals surface area contributed by atoms with Gasteiger partial charge in [-0.3, -0.25) is 48.3 Å². The molecule has 0 aromatic rings. The first-order valence-electron chi connectivity index (χ1n) is 16.3. The quantitative estimate of drug-likeness (QED) is 0.0627. The standard InChI is InChI=1S/C23H41N7O8.C6H13NO2.Al.FH/c1-28(9-10-29(2)15-22(36)37)13-16-5-7-30(8-6-16)14-20(33)27-17(3-4-21(34)35)23(38)26-12-19(32)25-11-18(24)31;1-3-7(4-2)5-6(8)9;;/h16-17H,3-15H2,1-2H3,(H2,24,31)(H,25,32)(H,26,38)(H,27,33)(H,34,35)(H,36,37);3-5H2,1-2H3,(H,8,9);;1H/q;;+3;/p-3. The van der Waals surface area contributed by atoms with E-state index >= 15 is 0 Å². The number of nitrogens with one attached hydrogen (secondary N) is 3. The topological polar surface area (TPSA) is 233 Å². The molecule has 1 atom stereocenters. The van der Waals surface area contributed by atoms with Crippen molar-refractivity contribution in [1.82, 2.24) is 35.6 Å². The van der Waals surface area contributed by atoms with Crippen LogP contribution < -0.4 is 21.7 Å². The van der Waals surface area contributed by atoms with Crippen molar-refractivity contribution in [3.63, 3.8) is 0 Å². The van der Waals surface area contributed by atoms with Crippen molar-refractivity contribution in [3.8, 4) is 0 Å². The van der Waals surface area contributed by atoms with Crippen molar-refractivity contribution in [2.75, 3.05) is 92.6 Å². The number of rotatable bonds is 24. The molecule has 0 bridgehead atoms. The number of carboxylic acids is 1. The van der Waals surface area contributed by atoms with Gasteiger partial charge in [0.05, 0.1) is 32.7 Å². The lowest BCUT2D eigenvalue weighted by atomic mass is 9.96. The fraction of sp³-hybridized carbons (Fsp3) is 0.759. The summed E-state index contributed by atoms with van der Waals surface area (Å²) in [6.45, 7) is 7.06. The van der Waals surface area contributed by atoms with Crippen LogP contribution in [0, 0.1) is 5.92 Å². The fourth-order valence-electron chi connectivity index (χ4n) is 4.95. The summed E-state index contributed by atoms with van der Waals surface area (Å²) in [5.41, 5.74) is 4.96. The molecule has 1 saturated heterocycles. The number of aliphatic carboxylic acids is 1. The Bertz CT molecular complexity index is 1110. The average Bonchev–Trinajstić information content (AvgIpc) is 3.02. The molecule has 49 heavy (non-hydrogen) atoms. The number of nitrogens with zero attached hydrogens (tertiary/aromatic N) is 4. The zero-order valence-corrected chi connectivity index (χ0v) is 30.1. The molecule has 278 valence electrons. The maximum Gasteiger partial charge on any atom is 1.15 e. The molecular weight excluding hydrogens is 666 g/mol. The number of piperidine rings is 1. The molecule has 0 spiro atoms. The van der Waals surface area contributed by atoms with Gasteiger partial charge in [0.25, 0.3) is 11.9 Å². The van der Waals surface area contributed by atoms with Gasteiger partial charge >= 0.3 is 21.2 Å². The number of carboxylic acid groups (broad SMARTS) is 1. The van der Waals surface area contributed by atoms with E-state index in [1.54, 1.807) is 16.8 Å². The molecule has 18 nitrogen and oxygen atoms in total. The van der Waals surface area contributed by atoms with Gasteiger partial charge in [0.15, 0.2) is 0 Å². The Labute approximate surface area is 291 Å². The lowest BCUT2D eigenvalue weighted by Gasteiger charge is -2.34. The number of likely N-dealkylation sites (N-methyl/N-ethyl adjacent to an activating group) is 3. The first-order chi connectivity index (χ1) is 23.1. The van der Waals surface area contributed by atoms with Crippen LogP contribution >= 0.6 is 0 Å². The molecule has 6 N–H and O–H groups in total. The van der Waals surface area contributed by atoms with E-state index in [4.69, 9.17) is 14.6 Å². The van der Waals surface area contributed by atoms with E-state index in [0.29, 0.717) is 45.2 Å². The summed E-state index contributed by atoms with van der Waals surface area (Å²) in [6, 6.07) is -1.17. The third-order valence-electron chi connectivity index (χ3n) is 7.78. The Morgan fingerprint density at radius 2 is 1.51 bits per heavy atom. The Morgan fingerprint density at radius 1 is 0.918 bits per heavy atom. The van der Waals surface area contributed by atoms with E-state index in [9.17, 15) is 37.1 Å². The van der Waals surface area contributed by atoms with Gasteiger partial charge in [-0.25, -0.2) is 0 Å². The smallest absolute Gasteiger partial charge is 0.558 e. The third-order valence-corrected chi connectivity index (χ3v) is 8.68. The van der Waals surface area contributed by atoms with Crippen molar-refractivity contribution in [2.45, 2.75) is 45.6 Å². The zero-order chi connectivity index (χ0) is 36.9. The molecule has 0 aromatic heterocycles. The molecule has 1 rings (SSSR count). The van der Waals surface area contributed by atoms with Crippen LogP contribution in [0.15, 0.2) is 0 Å². The Morgan fingerprint density at radius 3 is 2.08 bits per heavy atom. The van der Waals surface area contributed by atoms with Crippen LogP contribution in [0.3, 0.4) is 0 Å². The summed E-state index contributed by atoms with van der Waals surface area (Å²) in [5.74, 6) is -4.96. The normalized spacial score (nSPS) is 14.3. The Hall–Kier alpha value is -3.41. The second-order valence-electron chi connectivity index (χ2n) is 11.9. The van der Waals surface area contributed by atoms with Gasteiger partial charge in [-0.05, 0) is 65.5 Å². The van der Waals surface area contributed by atoms with Crippen LogP contribution in [0.4, 0.5) is 3.52 Å². The number of carbonyl (C=O) groups is 7. The summed E-state index contributed by atoms with van der Waals surface area (Å²) in [6.07, 6.45) is 1.09. The Balaban J connectivity index is 2.39. The second kappa shape index (κ2) is 23.9. The minimum atomic E-state index is -3.92. The minimum Gasteiger partial charge on any atom is -0.558 e. The van der Waals surface area contributed by atoms with Crippen molar-refractivity contribution in [3.05, 3.63) is 0 Å². The second-order valence-corrected chi connectivity index (χ2v) is 13.0. The lowest BCUT2D eigenvalue weighted by molar-refractivity contribution is -0.143. The maximum atomic E-state index is 14.0. The van der Waals surface area contributed by atoms with E-state index in [1.807, 2.05) is 25.8 Å². The van der Waals surface area contributed by atoms with Crippen molar-refractivity contribution < 1.29 is 49.8 Å². The molecule has 0 aromatic carbocycles. The summed E-state index contributed by atoms with van der Waals surface area (Å²) >= 11 is -3.92. The van der Waals surface area contributed by atoms with Crippen LogP contribution in [0.1, 0.15) is 39.5 Å². The molecule has 1 fully saturated rings. The van der Waals surface area contributed by atoms with Crippen molar-refractivity contribution in [1.29, 1.82) is 0 Å². The summed E-state index contributed by atoms with van der Waals surface area (Å²) < 4.78 is 23.4. The predicted octanol–water partition coefficient (Wildman–Crippen LogP) is -2.99. The lowest BCUT2D eigenvalue weighted by Crippen LogP contribution is -2.52. The van der Waals surface area contributed by atoms with E-state index in [0.717, 1.165) is 19.4 Å². The summed E-state index contributed by atoms with van der Waals surface area (Å²) in [4.78, 5) is 90.4. The molecule has 1 aliphatic heterocycles. The van der Waals surface area contributed by atoms with Crippen LogP contribution in [0.25, 0.3) is 0 Å². The highest BCUT2D eigenvalue weighted by Gasteiger charge is 2.42. The van der Waals surface area contributed by atoms with Gasteiger partial charge < -0.3 is 42.8 Å². The van der Waals surface area contributed by atoms with Crippen molar-refractivity contribution >= 4 is 56.8 Å². The van der Waals surface area contributed by atoms with Crippen molar-refractivity contribution in [2.24, 2.45) is 11.7 Å². The highest BCUT2D eigenvalue weighted by Crippen LogP contribution is 2.18. The van der Waals surface area contributed by atoms with E-state index < -0.39 is 75.9 Å². The predicted molar refractivity (Wildman–Crippen MR) is 175 cm³/mol. The first kappa shape index (κ1) is 43.6. The number of hydrogen-bond acceptors (Lipinski definition) is 13. The number of carbonyl (C=O) groups excluding carboxylic acids is 6. The molecule has 4 amide bonds. The summed E-state index contributed by atoms with van der Waals surface area (Å²) in [5, 5.41) is 16.1. The number of primary amides is 1. The van der Waals surface area contributed by atoms with Crippen LogP contribution in [0.2, 0.25) is 0 Å². The number of amides is 4. The highest BCUT2D eigenvalue weighted by molar-refractivity contribution is 6.41. The van der Waals surface area contributed by atoms with Crippen LogP contribution in [0.5, 0.6) is 0 Å². The Kier molecular flexibility index (Phi) is 21.2. The van der Waals surface area contributed by atoms with E-state index in [1.165, 1.54) is 0 Å². The maximum absolute atomic E-state index is 14.0. The molecule has 1 heterocycles. The average molecular weight is 719 g/mol. The van der Waals surface area contributed by atoms with Gasteiger partial charge in [-0.1, -0.05) is 13.8 Å². The monoisotopic (exact) mass is 718 g/mol. The molecule has 1 unspecified atom stereocenters. The number of hydrogen-bond donors (Lipinski definition) is 5. The zero-order valence-electron chi connectivity index (χ0n) is 28.9. The van der Waals surface area contributed by atoms with Crippen LogP contribution in [-0.2, 0) is 41.1 Å².